The van der Waals surface area contributed by atoms with E-state index in [0.29, 0.717) is 28.4 Å². The van der Waals surface area contributed by atoms with Gasteiger partial charge in [0.05, 0.1) is 12.7 Å². The molecular weight excluding hydrogens is 277 g/mol. The van der Waals surface area contributed by atoms with Gasteiger partial charge in [0.15, 0.2) is 11.5 Å². The number of fused-ring (bicyclic) bond motifs is 1. The van der Waals surface area contributed by atoms with Crippen LogP contribution >= 0.6 is 0 Å². The van der Waals surface area contributed by atoms with E-state index in [1.807, 2.05) is 0 Å². The average molecular weight is 289 g/mol. The van der Waals surface area contributed by atoms with Crippen molar-refractivity contribution in [1.82, 2.24) is 0 Å². The fraction of sp³-hybridized carbons (Fsp3) is 0.133. The zero-order valence-corrected chi connectivity index (χ0v) is 11.2. The van der Waals surface area contributed by atoms with E-state index in [-0.39, 0.29) is 12.4 Å². The van der Waals surface area contributed by atoms with E-state index in [1.54, 1.807) is 18.2 Å². The lowest BCUT2D eigenvalue weighted by Gasteiger charge is -2.11. The van der Waals surface area contributed by atoms with Crippen molar-refractivity contribution in [3.8, 4) is 28.4 Å². The number of nitrogens with two attached hydrogens (primary N) is 1. The summed E-state index contributed by atoms with van der Waals surface area (Å²) in [6.07, 6.45) is 0. The molecule has 2 aromatic rings. The fourth-order valence-electron chi connectivity index (χ4n) is 2.20. The molecule has 0 aromatic heterocycles. The van der Waals surface area contributed by atoms with Gasteiger partial charge in [-0.25, -0.2) is 4.39 Å². The van der Waals surface area contributed by atoms with Crippen molar-refractivity contribution in [2.45, 2.75) is 0 Å². The molecule has 0 spiro atoms. The summed E-state index contributed by atoms with van der Waals surface area (Å²) in [5.41, 5.74) is 6.25. The topological polar surface area (TPSA) is 70.8 Å². The lowest BCUT2D eigenvalue weighted by molar-refractivity contribution is 0.0996. The van der Waals surface area contributed by atoms with Crippen molar-refractivity contribution >= 4 is 5.91 Å². The second-order valence-corrected chi connectivity index (χ2v) is 4.46. The Labute approximate surface area is 120 Å². The molecule has 0 aliphatic carbocycles. The summed E-state index contributed by atoms with van der Waals surface area (Å²) >= 11 is 0. The highest BCUT2D eigenvalue weighted by Crippen LogP contribution is 2.42. The van der Waals surface area contributed by atoms with E-state index < -0.39 is 11.7 Å². The molecule has 0 unspecified atom stereocenters. The first-order chi connectivity index (χ1) is 10.1. The zero-order valence-electron chi connectivity index (χ0n) is 11.2. The number of rotatable bonds is 3. The van der Waals surface area contributed by atoms with Crippen LogP contribution in [-0.4, -0.2) is 19.8 Å². The maximum absolute atomic E-state index is 13.6. The first-order valence-corrected chi connectivity index (χ1v) is 6.17. The minimum atomic E-state index is -0.825. The highest BCUT2D eigenvalue weighted by molar-refractivity contribution is 5.94. The first-order valence-electron chi connectivity index (χ1n) is 6.17. The van der Waals surface area contributed by atoms with Gasteiger partial charge in [-0.1, -0.05) is 6.07 Å². The third kappa shape index (κ3) is 2.24. The predicted molar refractivity (Wildman–Crippen MR) is 73.0 cm³/mol. The highest BCUT2D eigenvalue weighted by Gasteiger charge is 2.20. The monoisotopic (exact) mass is 289 g/mol. The molecule has 1 aliphatic heterocycles. The Hall–Kier alpha value is -2.76. The number of amides is 1. The molecule has 5 nitrogen and oxygen atoms in total. The van der Waals surface area contributed by atoms with Gasteiger partial charge in [-0.15, -0.1) is 0 Å². The number of primary amides is 1. The van der Waals surface area contributed by atoms with Crippen molar-refractivity contribution in [2.24, 2.45) is 5.73 Å². The Bertz CT molecular complexity index is 730. The van der Waals surface area contributed by atoms with Crippen LogP contribution in [0.5, 0.6) is 17.2 Å². The molecular formula is C15H12FNO4. The van der Waals surface area contributed by atoms with Crippen LogP contribution in [0.4, 0.5) is 4.39 Å². The number of benzene rings is 2. The van der Waals surface area contributed by atoms with Crippen LogP contribution in [0.3, 0.4) is 0 Å². The van der Waals surface area contributed by atoms with Crippen LogP contribution < -0.4 is 19.9 Å². The van der Waals surface area contributed by atoms with Crippen LogP contribution in [0.15, 0.2) is 30.3 Å². The molecule has 0 bridgehead atoms. The fourth-order valence-corrected chi connectivity index (χ4v) is 2.20. The summed E-state index contributed by atoms with van der Waals surface area (Å²) in [6.45, 7) is 0.137. The largest absolute Gasteiger partial charge is 0.496 e. The summed E-state index contributed by atoms with van der Waals surface area (Å²) in [5.74, 6) is 0.185. The summed E-state index contributed by atoms with van der Waals surface area (Å²) in [7, 11) is 1.51. The smallest absolute Gasteiger partial charge is 0.251 e. The molecule has 0 fully saturated rings. The molecule has 6 heteroatoms. The SMILES string of the molecule is COc1cc2c(cc1-c1ccc(F)c(C(N)=O)c1)OCO2. The Morgan fingerprint density at radius 1 is 1.24 bits per heavy atom. The van der Waals surface area contributed by atoms with Crippen molar-refractivity contribution in [3.05, 3.63) is 41.7 Å². The molecule has 2 N–H and O–H groups in total. The van der Waals surface area contributed by atoms with E-state index in [1.165, 1.54) is 19.2 Å². The van der Waals surface area contributed by atoms with Gasteiger partial charge in [0.1, 0.15) is 11.6 Å². The molecule has 0 atom stereocenters. The number of carbonyl (C=O) groups is 1. The van der Waals surface area contributed by atoms with Crippen molar-refractivity contribution < 1.29 is 23.4 Å². The number of ether oxygens (including phenoxy) is 3. The van der Waals surface area contributed by atoms with Gasteiger partial charge in [-0.3, -0.25) is 4.79 Å². The number of hydrogen-bond donors (Lipinski definition) is 1. The van der Waals surface area contributed by atoms with Crippen LogP contribution in [0.1, 0.15) is 10.4 Å². The molecule has 1 aliphatic rings. The van der Waals surface area contributed by atoms with Gasteiger partial charge >= 0.3 is 0 Å². The number of carbonyl (C=O) groups excluding carboxylic acids is 1. The van der Waals surface area contributed by atoms with Crippen molar-refractivity contribution in [3.63, 3.8) is 0 Å². The van der Waals surface area contributed by atoms with E-state index >= 15 is 0 Å². The normalized spacial score (nSPS) is 12.3. The minimum Gasteiger partial charge on any atom is -0.496 e. The van der Waals surface area contributed by atoms with Gasteiger partial charge in [-0.05, 0) is 23.8 Å². The quantitative estimate of drug-likeness (QED) is 0.941. The van der Waals surface area contributed by atoms with Crippen LogP contribution in [0.25, 0.3) is 11.1 Å². The van der Waals surface area contributed by atoms with Gasteiger partial charge in [-0.2, -0.15) is 0 Å². The third-order valence-electron chi connectivity index (χ3n) is 3.24. The minimum absolute atomic E-state index is 0.137. The molecule has 3 rings (SSSR count). The first kappa shape index (κ1) is 13.2. The molecule has 0 saturated carbocycles. The molecule has 2 aromatic carbocycles. The summed E-state index contributed by atoms with van der Waals surface area (Å²) in [4.78, 5) is 11.3. The third-order valence-corrected chi connectivity index (χ3v) is 3.24. The summed E-state index contributed by atoms with van der Waals surface area (Å²) in [6, 6.07) is 7.53. The average Bonchev–Trinajstić information content (AvgIpc) is 2.93. The standard InChI is InChI=1S/C15H12FNO4/c1-19-12-6-14-13(20-7-21-14)5-9(12)8-2-3-11(16)10(4-8)15(17)18/h2-6H,7H2,1H3,(H2,17,18). The molecule has 1 heterocycles. The Kier molecular flexibility index (Phi) is 3.13. The number of methoxy groups -OCH3 is 1. The maximum atomic E-state index is 13.6. The highest BCUT2D eigenvalue weighted by atomic mass is 19.1. The Morgan fingerprint density at radius 3 is 2.62 bits per heavy atom. The second kappa shape index (κ2) is 4.97. The Balaban J connectivity index is 2.16. The van der Waals surface area contributed by atoms with Gasteiger partial charge < -0.3 is 19.9 Å². The van der Waals surface area contributed by atoms with Crippen LogP contribution in [-0.2, 0) is 0 Å². The summed E-state index contributed by atoms with van der Waals surface area (Å²) in [5, 5.41) is 0. The van der Waals surface area contributed by atoms with E-state index in [4.69, 9.17) is 19.9 Å². The molecule has 21 heavy (non-hydrogen) atoms. The van der Waals surface area contributed by atoms with E-state index in [9.17, 15) is 9.18 Å². The van der Waals surface area contributed by atoms with E-state index in [0.717, 1.165) is 0 Å². The Morgan fingerprint density at radius 2 is 1.95 bits per heavy atom. The lowest BCUT2D eigenvalue weighted by Crippen LogP contribution is -2.13. The molecule has 108 valence electrons. The summed E-state index contributed by atoms with van der Waals surface area (Å²) < 4.78 is 29.5. The van der Waals surface area contributed by atoms with E-state index in [2.05, 4.69) is 0 Å². The number of halogens is 1. The molecule has 1 amide bonds. The van der Waals surface area contributed by atoms with Crippen LogP contribution in [0.2, 0.25) is 0 Å². The second-order valence-electron chi connectivity index (χ2n) is 4.46. The zero-order chi connectivity index (χ0) is 15.0. The maximum Gasteiger partial charge on any atom is 0.251 e. The van der Waals surface area contributed by atoms with Crippen molar-refractivity contribution in [2.75, 3.05) is 13.9 Å². The van der Waals surface area contributed by atoms with Crippen LogP contribution in [0, 0.1) is 5.82 Å². The van der Waals surface area contributed by atoms with Crippen molar-refractivity contribution in [1.29, 1.82) is 0 Å². The van der Waals surface area contributed by atoms with Gasteiger partial charge in [0.25, 0.3) is 5.91 Å². The van der Waals surface area contributed by atoms with Gasteiger partial charge in [0.2, 0.25) is 6.79 Å². The molecule has 0 radical (unpaired) electrons. The predicted octanol–water partition coefficient (Wildman–Crippen LogP) is 2.33. The lowest BCUT2D eigenvalue weighted by atomic mass is 10.0. The van der Waals surface area contributed by atoms with Gasteiger partial charge in [0, 0.05) is 11.6 Å². The molecule has 0 saturated heterocycles. The number of hydrogen-bond acceptors (Lipinski definition) is 4.